The van der Waals surface area contributed by atoms with Crippen molar-refractivity contribution in [2.24, 2.45) is 0 Å². The van der Waals surface area contributed by atoms with Crippen LogP contribution in [0.3, 0.4) is 0 Å². The van der Waals surface area contributed by atoms with Crippen molar-refractivity contribution in [3.63, 3.8) is 0 Å². The van der Waals surface area contributed by atoms with Gasteiger partial charge in [0.05, 0.1) is 49.2 Å². The van der Waals surface area contributed by atoms with E-state index >= 15 is 0 Å². The lowest BCUT2D eigenvalue weighted by molar-refractivity contribution is -0.142. The molecule has 2 aliphatic rings. The van der Waals surface area contributed by atoms with Crippen LogP contribution in [-0.2, 0) is 25.5 Å². The molecule has 1 saturated carbocycles. The molecule has 16 nitrogen and oxygen atoms in total. The number of morpholine rings is 1. The molecule has 2 fully saturated rings. The predicted molar refractivity (Wildman–Crippen MR) is 196 cm³/mol. The van der Waals surface area contributed by atoms with Crippen molar-refractivity contribution in [1.29, 1.82) is 0 Å². The molecule has 3 aromatic heterocycles. The molecule has 17 heteroatoms. The Morgan fingerprint density at radius 2 is 1.77 bits per heavy atom. The molecule has 6 rings (SSSR count). The van der Waals surface area contributed by atoms with Gasteiger partial charge in [-0.15, -0.1) is 10.2 Å². The van der Waals surface area contributed by atoms with E-state index in [0.29, 0.717) is 67.1 Å². The zero-order valence-electron chi connectivity index (χ0n) is 30.8. The van der Waals surface area contributed by atoms with Gasteiger partial charge in [-0.1, -0.05) is 17.7 Å². The second-order valence-corrected chi connectivity index (χ2v) is 14.1. The van der Waals surface area contributed by atoms with E-state index in [9.17, 15) is 4.79 Å². The number of hydrogen-bond donors (Lipinski definition) is 1. The van der Waals surface area contributed by atoms with Crippen molar-refractivity contribution in [3.8, 4) is 22.8 Å². The van der Waals surface area contributed by atoms with Gasteiger partial charge in [-0.05, 0) is 74.6 Å². The summed E-state index contributed by atoms with van der Waals surface area (Å²) in [6.45, 7) is 11.5. The molecule has 0 unspecified atom stereocenters. The zero-order valence-corrected chi connectivity index (χ0v) is 31.5. The normalized spacial score (nSPS) is 21.2. The van der Waals surface area contributed by atoms with Gasteiger partial charge in [0.15, 0.2) is 0 Å². The minimum atomic E-state index is -0.321. The van der Waals surface area contributed by atoms with Crippen molar-refractivity contribution in [1.82, 2.24) is 44.9 Å². The SMILES string of the molecule is CC(=O)OCCOCCCOc1nn([C@H]2CC[C@H](N3C[C@@H](C)O[C@@H](C)C3)CC2)cc1Nc1ncc(-c2ccc(Cl)c(O[C@@H](C)Cn3cnnn3)c2)cn1. The fourth-order valence-electron chi connectivity index (χ4n) is 6.85. The molecule has 4 aromatic rings. The number of anilines is 2. The third kappa shape index (κ3) is 11.1. The highest BCUT2D eigenvalue weighted by atomic mass is 35.5. The topological polar surface area (TPSA) is 166 Å². The first-order valence-electron chi connectivity index (χ1n) is 18.3. The molecule has 1 aliphatic carbocycles. The molecule has 0 amide bonds. The fourth-order valence-corrected chi connectivity index (χ4v) is 7.01. The largest absolute Gasteiger partial charge is 0.487 e. The van der Waals surface area contributed by atoms with Gasteiger partial charge >= 0.3 is 5.97 Å². The van der Waals surface area contributed by atoms with Gasteiger partial charge in [-0.25, -0.2) is 14.6 Å². The van der Waals surface area contributed by atoms with Crippen LogP contribution in [0.2, 0.25) is 5.02 Å². The van der Waals surface area contributed by atoms with E-state index in [1.54, 1.807) is 23.1 Å². The van der Waals surface area contributed by atoms with Crippen LogP contribution in [0, 0.1) is 0 Å². The number of benzene rings is 1. The van der Waals surface area contributed by atoms with Gasteiger partial charge < -0.3 is 29.0 Å². The summed E-state index contributed by atoms with van der Waals surface area (Å²) in [5.41, 5.74) is 2.34. The third-order valence-electron chi connectivity index (χ3n) is 9.23. The molecular weight excluding hydrogens is 704 g/mol. The summed E-state index contributed by atoms with van der Waals surface area (Å²) >= 11 is 6.47. The summed E-state index contributed by atoms with van der Waals surface area (Å²) in [6, 6.07) is 6.37. The highest BCUT2D eigenvalue weighted by molar-refractivity contribution is 6.32. The third-order valence-corrected chi connectivity index (χ3v) is 9.55. The van der Waals surface area contributed by atoms with Gasteiger partial charge in [-0.2, -0.15) is 0 Å². The maximum atomic E-state index is 11.0. The van der Waals surface area contributed by atoms with E-state index in [2.05, 4.69) is 49.6 Å². The summed E-state index contributed by atoms with van der Waals surface area (Å²) < 4.78 is 32.4. The highest BCUT2D eigenvalue weighted by Crippen LogP contribution is 2.36. The smallest absolute Gasteiger partial charge is 0.302 e. The van der Waals surface area contributed by atoms with Crippen LogP contribution >= 0.6 is 11.6 Å². The van der Waals surface area contributed by atoms with Gasteiger partial charge in [0.2, 0.25) is 5.95 Å². The Balaban J connectivity index is 1.09. The van der Waals surface area contributed by atoms with Crippen LogP contribution in [-0.4, -0.2) is 115 Å². The first-order valence-corrected chi connectivity index (χ1v) is 18.7. The van der Waals surface area contributed by atoms with E-state index in [0.717, 1.165) is 49.9 Å². The van der Waals surface area contributed by atoms with Gasteiger partial charge in [0.25, 0.3) is 5.88 Å². The molecule has 4 heterocycles. The Morgan fingerprint density at radius 3 is 2.49 bits per heavy atom. The Kier molecular flexibility index (Phi) is 13.4. The lowest BCUT2D eigenvalue weighted by Gasteiger charge is -2.42. The van der Waals surface area contributed by atoms with Crippen LogP contribution in [0.1, 0.15) is 65.8 Å². The summed E-state index contributed by atoms with van der Waals surface area (Å²) in [5, 5.41) is 19.9. The number of carbonyl (C=O) groups is 1. The quantitative estimate of drug-likeness (QED) is 0.111. The number of rotatable bonds is 17. The molecule has 3 atom stereocenters. The fraction of sp³-hybridized carbons (Fsp3) is 0.583. The monoisotopic (exact) mass is 752 g/mol. The van der Waals surface area contributed by atoms with Crippen molar-refractivity contribution < 1.29 is 28.5 Å². The van der Waals surface area contributed by atoms with E-state index < -0.39 is 0 Å². The van der Waals surface area contributed by atoms with Crippen LogP contribution in [0.15, 0.2) is 43.1 Å². The molecule has 1 saturated heterocycles. The van der Waals surface area contributed by atoms with Crippen molar-refractivity contribution in [2.75, 3.05) is 44.8 Å². The predicted octanol–water partition coefficient (Wildman–Crippen LogP) is 5.13. The maximum Gasteiger partial charge on any atom is 0.302 e. The first-order chi connectivity index (χ1) is 25.7. The summed E-state index contributed by atoms with van der Waals surface area (Å²) in [6.07, 6.45) is 12.2. The van der Waals surface area contributed by atoms with E-state index in [1.165, 1.54) is 13.3 Å². The molecule has 1 aromatic carbocycles. The lowest BCUT2D eigenvalue weighted by Crippen LogP contribution is -2.51. The Hall–Kier alpha value is -4.38. The maximum absolute atomic E-state index is 11.0. The average molecular weight is 753 g/mol. The minimum absolute atomic E-state index is 0.223. The van der Waals surface area contributed by atoms with E-state index in [1.807, 2.05) is 29.9 Å². The number of ether oxygens (including phenoxy) is 5. The molecule has 0 bridgehead atoms. The molecule has 1 aliphatic heterocycles. The zero-order chi connectivity index (χ0) is 37.2. The van der Waals surface area contributed by atoms with Gasteiger partial charge in [0, 0.05) is 57.0 Å². The number of nitrogens with zero attached hydrogens (tertiary/aromatic N) is 9. The standard InChI is InChI=1S/C36H49ClN10O6/c1-24-19-45(20-25(2)52-24)30-7-9-31(10-8-30)47-22-33(35(42-47)51-13-5-12-49-14-15-50-27(4)48)41-36-38-17-29(18-39-36)28-6-11-32(37)34(16-28)53-26(3)21-46-23-40-43-44-46/h6,11,16-18,22-26,30-31H,5,7-10,12-15,19-21H2,1-4H3,(H,38,39,41)/t24-,25+,26-,30-,31-/m0/s1. The summed E-state index contributed by atoms with van der Waals surface area (Å²) in [4.78, 5) is 22.8. The van der Waals surface area contributed by atoms with E-state index in [-0.39, 0.29) is 36.9 Å². The minimum Gasteiger partial charge on any atom is -0.487 e. The number of tetrazole rings is 1. The van der Waals surface area contributed by atoms with Crippen LogP contribution in [0.4, 0.5) is 11.6 Å². The van der Waals surface area contributed by atoms with Crippen molar-refractivity contribution >= 4 is 29.2 Å². The molecule has 0 radical (unpaired) electrons. The highest BCUT2D eigenvalue weighted by Gasteiger charge is 2.32. The number of halogens is 1. The number of hydrogen-bond acceptors (Lipinski definition) is 14. The second kappa shape index (κ2) is 18.6. The van der Waals surface area contributed by atoms with Gasteiger partial charge in [0.1, 0.15) is 30.5 Å². The average Bonchev–Trinajstić information content (AvgIpc) is 3.80. The molecular formula is C36H49ClN10O6. The van der Waals surface area contributed by atoms with Crippen LogP contribution < -0.4 is 14.8 Å². The van der Waals surface area contributed by atoms with Crippen molar-refractivity contribution in [2.45, 2.75) is 96.7 Å². The van der Waals surface area contributed by atoms with Gasteiger partial charge in [-0.3, -0.25) is 14.4 Å². The Bertz CT molecular complexity index is 1720. The molecule has 1 N–H and O–H groups in total. The van der Waals surface area contributed by atoms with E-state index in [4.69, 9.17) is 40.4 Å². The number of esters is 1. The number of nitrogens with one attached hydrogen (secondary N) is 1. The number of carbonyl (C=O) groups excluding carboxylic acids is 1. The lowest BCUT2D eigenvalue weighted by atomic mass is 9.89. The first kappa shape index (κ1) is 38.3. The summed E-state index contributed by atoms with van der Waals surface area (Å²) in [5.74, 6) is 1.11. The molecule has 53 heavy (non-hydrogen) atoms. The molecule has 286 valence electrons. The Morgan fingerprint density at radius 1 is 1.02 bits per heavy atom. The van der Waals surface area contributed by atoms with Crippen molar-refractivity contribution in [3.05, 3.63) is 48.1 Å². The van der Waals surface area contributed by atoms with Crippen LogP contribution in [0.5, 0.6) is 11.6 Å². The summed E-state index contributed by atoms with van der Waals surface area (Å²) in [7, 11) is 0. The number of aromatic nitrogens is 8. The molecule has 0 spiro atoms. The van der Waals surface area contributed by atoms with Crippen LogP contribution in [0.25, 0.3) is 11.1 Å². The second-order valence-electron chi connectivity index (χ2n) is 13.7. The Labute approximate surface area is 314 Å².